The van der Waals surface area contributed by atoms with Crippen LogP contribution < -0.4 is 5.56 Å². The molecule has 5 aromatic rings. The van der Waals surface area contributed by atoms with E-state index in [2.05, 4.69) is 20.2 Å². The maximum absolute atomic E-state index is 12.9. The third-order valence-corrected chi connectivity index (χ3v) is 4.67. The van der Waals surface area contributed by atoms with Gasteiger partial charge in [0, 0.05) is 11.6 Å². The summed E-state index contributed by atoms with van der Waals surface area (Å²) < 4.78 is 7.85. The van der Waals surface area contributed by atoms with Crippen LogP contribution in [-0.4, -0.2) is 34.4 Å². The Balaban J connectivity index is 1.51. The van der Waals surface area contributed by atoms with E-state index >= 15 is 0 Å². The standard InChI is InChI=1S/C20H13N7O4/c28-20-14-10-22-26(15-8-4-5-9-16(15)27(29)30)19(14)21-12-25(20)11-17-23-18(24-31-17)13-6-2-1-3-7-13/h1-10,12H,11H2. The van der Waals surface area contributed by atoms with Gasteiger partial charge in [-0.1, -0.05) is 47.6 Å². The number of rotatable bonds is 5. The first-order chi connectivity index (χ1) is 15.1. The summed E-state index contributed by atoms with van der Waals surface area (Å²) in [6.07, 6.45) is 2.66. The minimum atomic E-state index is -0.510. The van der Waals surface area contributed by atoms with E-state index in [0.717, 1.165) is 5.56 Å². The monoisotopic (exact) mass is 415 g/mol. The molecule has 0 radical (unpaired) electrons. The van der Waals surface area contributed by atoms with Gasteiger partial charge in [0.1, 0.15) is 23.9 Å². The van der Waals surface area contributed by atoms with Crippen LogP contribution in [0.3, 0.4) is 0 Å². The zero-order chi connectivity index (χ0) is 21.4. The average molecular weight is 415 g/mol. The van der Waals surface area contributed by atoms with Gasteiger partial charge < -0.3 is 4.52 Å². The van der Waals surface area contributed by atoms with Gasteiger partial charge in [-0.2, -0.15) is 10.1 Å². The summed E-state index contributed by atoms with van der Waals surface area (Å²) in [4.78, 5) is 32.4. The largest absolute Gasteiger partial charge is 0.337 e. The van der Waals surface area contributed by atoms with E-state index in [9.17, 15) is 14.9 Å². The van der Waals surface area contributed by atoms with Crippen molar-refractivity contribution in [3.05, 3.63) is 93.5 Å². The van der Waals surface area contributed by atoms with Crippen LogP contribution in [0.5, 0.6) is 0 Å². The molecule has 152 valence electrons. The summed E-state index contributed by atoms with van der Waals surface area (Å²) in [5.74, 6) is 0.662. The zero-order valence-electron chi connectivity index (χ0n) is 15.8. The number of fused-ring (bicyclic) bond motifs is 1. The Morgan fingerprint density at radius 3 is 2.65 bits per heavy atom. The minimum Gasteiger partial charge on any atom is -0.337 e. The molecule has 0 saturated heterocycles. The Hall–Kier alpha value is -4.67. The maximum atomic E-state index is 12.9. The Bertz CT molecular complexity index is 1470. The van der Waals surface area contributed by atoms with E-state index in [1.165, 1.54) is 27.8 Å². The van der Waals surface area contributed by atoms with Gasteiger partial charge in [0.2, 0.25) is 11.7 Å². The summed E-state index contributed by atoms with van der Waals surface area (Å²) >= 11 is 0. The summed E-state index contributed by atoms with van der Waals surface area (Å²) in [6, 6.07) is 15.4. The molecule has 0 bridgehead atoms. The molecule has 0 saturated carbocycles. The lowest BCUT2D eigenvalue weighted by Crippen LogP contribution is -2.21. The number of aromatic nitrogens is 6. The SMILES string of the molecule is O=c1c2cnn(-c3ccccc3[N+](=O)[O-])c2ncn1Cc1nc(-c2ccccc2)no1. The van der Waals surface area contributed by atoms with Crippen LogP contribution in [0.1, 0.15) is 5.89 Å². The molecule has 0 aliphatic heterocycles. The second kappa shape index (κ2) is 7.30. The van der Waals surface area contributed by atoms with Gasteiger partial charge in [0.15, 0.2) is 5.65 Å². The highest BCUT2D eigenvalue weighted by molar-refractivity contribution is 5.76. The lowest BCUT2D eigenvalue weighted by molar-refractivity contribution is -0.384. The lowest BCUT2D eigenvalue weighted by Gasteiger charge is -2.05. The Morgan fingerprint density at radius 1 is 1.06 bits per heavy atom. The quantitative estimate of drug-likeness (QED) is 0.316. The van der Waals surface area contributed by atoms with Crippen LogP contribution in [0.25, 0.3) is 28.1 Å². The van der Waals surface area contributed by atoms with Gasteiger partial charge in [-0.3, -0.25) is 19.5 Å². The molecule has 0 fully saturated rings. The first-order valence-electron chi connectivity index (χ1n) is 9.17. The second-order valence-corrected chi connectivity index (χ2v) is 6.59. The molecule has 0 aliphatic rings. The Morgan fingerprint density at radius 2 is 1.84 bits per heavy atom. The Kier molecular flexibility index (Phi) is 4.32. The molecular weight excluding hydrogens is 402 g/mol. The van der Waals surface area contributed by atoms with E-state index in [0.29, 0.717) is 5.82 Å². The fourth-order valence-electron chi connectivity index (χ4n) is 3.20. The van der Waals surface area contributed by atoms with Gasteiger partial charge in [0.05, 0.1) is 11.1 Å². The van der Waals surface area contributed by atoms with E-state index < -0.39 is 4.92 Å². The summed E-state index contributed by atoms with van der Waals surface area (Å²) in [7, 11) is 0. The molecule has 0 unspecified atom stereocenters. The lowest BCUT2D eigenvalue weighted by atomic mass is 10.2. The molecular formula is C20H13N7O4. The highest BCUT2D eigenvalue weighted by atomic mass is 16.6. The third-order valence-electron chi connectivity index (χ3n) is 4.67. The molecule has 2 aromatic carbocycles. The molecule has 0 spiro atoms. The van der Waals surface area contributed by atoms with Gasteiger partial charge in [-0.25, -0.2) is 9.67 Å². The predicted molar refractivity (Wildman–Crippen MR) is 109 cm³/mol. The second-order valence-electron chi connectivity index (χ2n) is 6.59. The first kappa shape index (κ1) is 18.4. The molecule has 11 nitrogen and oxygen atoms in total. The molecule has 0 N–H and O–H groups in total. The number of hydrogen-bond acceptors (Lipinski definition) is 8. The van der Waals surface area contributed by atoms with Crippen molar-refractivity contribution in [2.24, 2.45) is 0 Å². The average Bonchev–Trinajstić information content (AvgIpc) is 3.44. The van der Waals surface area contributed by atoms with Crippen LogP contribution in [-0.2, 0) is 6.54 Å². The number of benzene rings is 2. The normalized spacial score (nSPS) is 11.1. The van der Waals surface area contributed by atoms with Crippen molar-refractivity contribution in [3.8, 4) is 17.1 Å². The number of hydrogen-bond donors (Lipinski definition) is 0. The van der Waals surface area contributed by atoms with Crippen molar-refractivity contribution in [3.63, 3.8) is 0 Å². The summed E-state index contributed by atoms with van der Waals surface area (Å²) in [5.41, 5.74) is 0.707. The number of nitro benzene ring substituents is 1. The van der Waals surface area contributed by atoms with Crippen LogP contribution in [0.15, 0.2) is 76.4 Å². The van der Waals surface area contributed by atoms with Crippen molar-refractivity contribution in [1.82, 2.24) is 29.5 Å². The molecule has 0 aliphatic carbocycles. The fraction of sp³-hybridized carbons (Fsp3) is 0.0500. The smallest absolute Gasteiger partial charge is 0.294 e. The van der Waals surface area contributed by atoms with Crippen molar-refractivity contribution >= 4 is 16.7 Å². The number of nitrogens with zero attached hydrogens (tertiary/aromatic N) is 7. The summed E-state index contributed by atoms with van der Waals surface area (Å²) in [6.45, 7) is 0.0261. The van der Waals surface area contributed by atoms with Crippen molar-refractivity contribution in [2.45, 2.75) is 6.54 Å². The molecule has 3 heterocycles. The molecule has 0 atom stereocenters. The van der Waals surface area contributed by atoms with E-state index in [1.807, 2.05) is 30.3 Å². The van der Waals surface area contributed by atoms with Crippen LogP contribution in [0, 0.1) is 10.1 Å². The van der Waals surface area contributed by atoms with E-state index in [-0.39, 0.29) is 40.4 Å². The third kappa shape index (κ3) is 3.23. The Labute approximate surface area is 173 Å². The highest BCUT2D eigenvalue weighted by Gasteiger charge is 2.19. The van der Waals surface area contributed by atoms with Gasteiger partial charge in [-0.15, -0.1) is 0 Å². The molecule has 3 aromatic heterocycles. The van der Waals surface area contributed by atoms with E-state index in [1.54, 1.807) is 18.2 Å². The van der Waals surface area contributed by atoms with Crippen LogP contribution in [0.2, 0.25) is 0 Å². The van der Waals surface area contributed by atoms with Gasteiger partial charge in [0.25, 0.3) is 11.2 Å². The summed E-state index contributed by atoms with van der Waals surface area (Å²) in [5, 5.41) is 19.6. The highest BCUT2D eigenvalue weighted by Crippen LogP contribution is 2.24. The number of nitro groups is 1. The van der Waals surface area contributed by atoms with E-state index in [4.69, 9.17) is 4.52 Å². The van der Waals surface area contributed by atoms with Crippen molar-refractivity contribution < 1.29 is 9.45 Å². The van der Waals surface area contributed by atoms with Crippen LogP contribution >= 0.6 is 0 Å². The van der Waals surface area contributed by atoms with Crippen LogP contribution in [0.4, 0.5) is 5.69 Å². The molecule has 31 heavy (non-hydrogen) atoms. The minimum absolute atomic E-state index is 0.0261. The first-order valence-corrected chi connectivity index (χ1v) is 9.17. The molecule has 0 amide bonds. The number of para-hydroxylation sites is 2. The van der Waals surface area contributed by atoms with Crippen molar-refractivity contribution in [2.75, 3.05) is 0 Å². The maximum Gasteiger partial charge on any atom is 0.294 e. The predicted octanol–water partition coefficient (Wildman–Crippen LogP) is 2.59. The van der Waals surface area contributed by atoms with Crippen molar-refractivity contribution in [1.29, 1.82) is 0 Å². The van der Waals surface area contributed by atoms with Gasteiger partial charge in [-0.05, 0) is 6.07 Å². The van der Waals surface area contributed by atoms with Gasteiger partial charge >= 0.3 is 0 Å². The zero-order valence-corrected chi connectivity index (χ0v) is 15.8. The molecule has 5 rings (SSSR count). The topological polar surface area (TPSA) is 135 Å². The molecule has 11 heteroatoms. The fourth-order valence-corrected chi connectivity index (χ4v) is 3.20.